The van der Waals surface area contributed by atoms with Crippen LogP contribution in [0.5, 0.6) is 0 Å². The van der Waals surface area contributed by atoms with Crippen LogP contribution in [0.3, 0.4) is 0 Å². The number of carbonyl (C=O) groups excluding carboxylic acids is 1. The first kappa shape index (κ1) is 28.3. The monoisotopic (exact) mass is 581 g/mol. The van der Waals surface area contributed by atoms with Crippen LogP contribution < -0.4 is 5.32 Å². The molecule has 0 bridgehead atoms. The third-order valence-electron chi connectivity index (χ3n) is 8.12. The van der Waals surface area contributed by atoms with Crippen LogP contribution >= 0.6 is 0 Å². The van der Waals surface area contributed by atoms with E-state index < -0.39 is 8.07 Å². The highest BCUT2D eigenvalue weighted by Crippen LogP contribution is 2.27. The predicted molar refractivity (Wildman–Crippen MR) is 170 cm³/mol. The third-order valence-corrected chi connectivity index (χ3v) is 9.83. The van der Waals surface area contributed by atoms with E-state index in [0.29, 0.717) is 24.2 Å². The Morgan fingerprint density at radius 1 is 1.05 bits per heavy atom. The first-order valence-corrected chi connectivity index (χ1v) is 18.5. The predicted octanol–water partition coefficient (Wildman–Crippen LogP) is 6.32. The van der Waals surface area contributed by atoms with Crippen molar-refractivity contribution >= 4 is 41.6 Å². The Kier molecular flexibility index (Phi) is 7.93. The van der Waals surface area contributed by atoms with Crippen LogP contribution in [0.4, 0.5) is 5.82 Å². The number of ether oxygens (including phenoxy) is 1. The number of fused-ring (bicyclic) bond motifs is 2. The largest absolute Gasteiger partial charge is 0.361 e. The summed E-state index contributed by atoms with van der Waals surface area (Å²) in [5.74, 6) is 0.304. The Labute approximate surface area is 247 Å². The number of rotatable bonds is 10. The molecule has 1 aromatic carbocycles. The van der Waals surface area contributed by atoms with Gasteiger partial charge in [0.2, 0.25) is 0 Å². The minimum Gasteiger partial charge on any atom is -0.361 e. The molecular formula is C32H39N7O2Si. The van der Waals surface area contributed by atoms with E-state index >= 15 is 0 Å². The summed E-state index contributed by atoms with van der Waals surface area (Å²) < 4.78 is 10.3. The molecule has 1 atom stereocenters. The number of benzene rings is 1. The van der Waals surface area contributed by atoms with E-state index in [1.165, 1.54) is 18.5 Å². The number of nitrogens with zero attached hydrogens (tertiary/aromatic N) is 6. The van der Waals surface area contributed by atoms with Gasteiger partial charge in [-0.2, -0.15) is 5.10 Å². The van der Waals surface area contributed by atoms with Crippen molar-refractivity contribution in [2.24, 2.45) is 0 Å². The fourth-order valence-electron chi connectivity index (χ4n) is 5.59. The van der Waals surface area contributed by atoms with Crippen molar-refractivity contribution in [3.63, 3.8) is 0 Å². The van der Waals surface area contributed by atoms with Crippen LogP contribution in [0.2, 0.25) is 25.7 Å². The van der Waals surface area contributed by atoms with E-state index in [1.807, 2.05) is 47.3 Å². The van der Waals surface area contributed by atoms with E-state index in [4.69, 9.17) is 4.74 Å². The van der Waals surface area contributed by atoms with Gasteiger partial charge < -0.3 is 14.6 Å². The highest BCUT2D eigenvalue weighted by molar-refractivity contribution is 6.76. The molecule has 1 saturated heterocycles. The fourth-order valence-corrected chi connectivity index (χ4v) is 6.34. The van der Waals surface area contributed by atoms with Gasteiger partial charge in [-0.05, 0) is 68.8 Å². The number of anilines is 1. The average Bonchev–Trinajstić information content (AvgIpc) is 3.67. The second kappa shape index (κ2) is 11.8. The molecule has 4 aromatic heterocycles. The Balaban J connectivity index is 1.24. The third kappa shape index (κ3) is 6.16. The lowest BCUT2D eigenvalue weighted by Crippen LogP contribution is -2.27. The molecule has 1 fully saturated rings. The molecule has 0 unspecified atom stereocenters. The molecule has 218 valence electrons. The van der Waals surface area contributed by atoms with Crippen molar-refractivity contribution in [2.75, 3.05) is 18.5 Å². The summed E-state index contributed by atoms with van der Waals surface area (Å²) in [5, 5.41) is 9.46. The van der Waals surface area contributed by atoms with Gasteiger partial charge in [0.05, 0.1) is 22.9 Å². The smallest absolute Gasteiger partial charge is 0.256 e. The van der Waals surface area contributed by atoms with Gasteiger partial charge in [0, 0.05) is 74.0 Å². The minimum absolute atomic E-state index is 0.212. The molecule has 9 nitrogen and oxygen atoms in total. The highest BCUT2D eigenvalue weighted by Gasteiger charge is 2.23. The minimum atomic E-state index is -1.19. The fraction of sp³-hybridized carbons (Fsp3) is 0.375. The molecule has 0 saturated carbocycles. The van der Waals surface area contributed by atoms with Crippen molar-refractivity contribution in [2.45, 2.75) is 64.8 Å². The Bertz CT molecular complexity index is 1710. The summed E-state index contributed by atoms with van der Waals surface area (Å²) in [7, 11) is -1.19. The molecule has 0 aliphatic carbocycles. The lowest BCUT2D eigenvalue weighted by molar-refractivity contribution is 0.0863. The van der Waals surface area contributed by atoms with Crippen LogP contribution in [-0.2, 0) is 18.0 Å². The quantitative estimate of drug-likeness (QED) is 0.153. The molecule has 42 heavy (non-hydrogen) atoms. The zero-order valence-electron chi connectivity index (χ0n) is 24.9. The zero-order chi connectivity index (χ0) is 29.3. The second-order valence-electron chi connectivity index (χ2n) is 12.5. The van der Waals surface area contributed by atoms with Gasteiger partial charge in [-0.25, -0.2) is 9.67 Å². The van der Waals surface area contributed by atoms with E-state index in [-0.39, 0.29) is 5.91 Å². The Morgan fingerprint density at radius 3 is 2.62 bits per heavy atom. The van der Waals surface area contributed by atoms with E-state index in [2.05, 4.69) is 62.5 Å². The maximum atomic E-state index is 13.3. The van der Waals surface area contributed by atoms with Crippen LogP contribution in [0.15, 0.2) is 67.3 Å². The number of pyridine rings is 2. The summed E-state index contributed by atoms with van der Waals surface area (Å²) in [5.41, 5.74) is 4.62. The number of likely N-dealkylation sites (tertiary alicyclic amines) is 1. The summed E-state index contributed by atoms with van der Waals surface area (Å²) in [6.07, 6.45) is 9.57. The van der Waals surface area contributed by atoms with Gasteiger partial charge in [-0.15, -0.1) is 0 Å². The van der Waals surface area contributed by atoms with Crippen LogP contribution in [0.25, 0.3) is 27.5 Å². The standard InChI is InChI=1S/C32H39N7O2Si/c1-23-6-5-13-37(23)21-28-17-26-19-34-31(18-30(26)38(28)22-41-14-15-42(2,3)4)36-32(40)24-7-8-29-25(16-24)20-35-39(29)27-9-11-33-12-10-27/h7-12,16-20,23H,5-6,13-15,21-22H2,1-4H3,(H,34,36,40)/t23-/m0/s1. The molecule has 0 radical (unpaired) electrons. The van der Waals surface area contributed by atoms with Gasteiger partial charge in [0.1, 0.15) is 12.5 Å². The zero-order valence-corrected chi connectivity index (χ0v) is 25.9. The van der Waals surface area contributed by atoms with Gasteiger partial charge in [-0.1, -0.05) is 19.6 Å². The van der Waals surface area contributed by atoms with E-state index in [1.54, 1.807) is 18.6 Å². The molecule has 1 amide bonds. The van der Waals surface area contributed by atoms with Crippen molar-refractivity contribution < 1.29 is 9.53 Å². The van der Waals surface area contributed by atoms with Crippen LogP contribution in [-0.4, -0.2) is 62.4 Å². The SMILES string of the molecule is C[C@H]1CCCN1Cc1cc2cnc(NC(=O)c3ccc4c(cnn4-c4ccncc4)c3)cc2n1COCC[Si](C)(C)C. The lowest BCUT2D eigenvalue weighted by Gasteiger charge is -2.22. The summed E-state index contributed by atoms with van der Waals surface area (Å²) in [6, 6.07) is 15.3. The number of amides is 1. The maximum Gasteiger partial charge on any atom is 0.256 e. The average molecular weight is 582 g/mol. The number of nitrogens with one attached hydrogen (secondary N) is 1. The molecule has 1 N–H and O–H groups in total. The Hall–Kier alpha value is -3.86. The molecule has 5 aromatic rings. The Morgan fingerprint density at radius 2 is 1.86 bits per heavy atom. The molecule has 10 heteroatoms. The van der Waals surface area contributed by atoms with E-state index in [0.717, 1.165) is 53.2 Å². The number of carbonyl (C=O) groups is 1. The van der Waals surface area contributed by atoms with Gasteiger partial charge in [0.15, 0.2) is 0 Å². The molecule has 1 aliphatic rings. The maximum absolute atomic E-state index is 13.3. The summed E-state index contributed by atoms with van der Waals surface area (Å²) in [4.78, 5) is 24.5. The van der Waals surface area contributed by atoms with Crippen molar-refractivity contribution in [1.29, 1.82) is 0 Å². The normalized spacial score (nSPS) is 16.0. The first-order valence-electron chi connectivity index (χ1n) is 14.7. The summed E-state index contributed by atoms with van der Waals surface area (Å²) in [6.45, 7) is 12.6. The lowest BCUT2D eigenvalue weighted by atomic mass is 10.1. The first-order chi connectivity index (χ1) is 20.2. The van der Waals surface area contributed by atoms with Gasteiger partial charge in [-0.3, -0.25) is 14.7 Å². The summed E-state index contributed by atoms with van der Waals surface area (Å²) >= 11 is 0. The van der Waals surface area contributed by atoms with Crippen molar-refractivity contribution in [3.8, 4) is 5.69 Å². The highest BCUT2D eigenvalue weighted by atomic mass is 28.3. The topological polar surface area (TPSA) is 90.1 Å². The number of hydrogen-bond donors (Lipinski definition) is 1. The van der Waals surface area contributed by atoms with Crippen LogP contribution in [0, 0.1) is 0 Å². The van der Waals surface area contributed by atoms with Crippen molar-refractivity contribution in [1.82, 2.24) is 29.2 Å². The van der Waals surface area contributed by atoms with Gasteiger partial charge in [0.25, 0.3) is 5.91 Å². The van der Waals surface area contributed by atoms with Crippen molar-refractivity contribution in [3.05, 3.63) is 78.5 Å². The number of hydrogen-bond acceptors (Lipinski definition) is 6. The molecule has 1 aliphatic heterocycles. The van der Waals surface area contributed by atoms with Crippen LogP contribution in [0.1, 0.15) is 35.8 Å². The van der Waals surface area contributed by atoms with Gasteiger partial charge >= 0.3 is 0 Å². The second-order valence-corrected chi connectivity index (χ2v) is 18.1. The van der Waals surface area contributed by atoms with E-state index in [9.17, 15) is 4.79 Å². The molecule has 0 spiro atoms. The number of aromatic nitrogens is 5. The molecule has 6 rings (SSSR count). The molecule has 5 heterocycles. The molecular weight excluding hydrogens is 542 g/mol.